The molecule has 1 aliphatic heterocycles. The van der Waals surface area contributed by atoms with Crippen LogP contribution in [0.4, 0.5) is 0 Å². The molecule has 1 N–H and O–H groups in total. The average molecular weight is 271 g/mol. The van der Waals surface area contributed by atoms with E-state index < -0.39 is 0 Å². The van der Waals surface area contributed by atoms with Crippen molar-refractivity contribution in [2.75, 3.05) is 33.7 Å². The van der Waals surface area contributed by atoms with Crippen LogP contribution in [0.5, 0.6) is 0 Å². The van der Waals surface area contributed by atoms with E-state index in [0.717, 1.165) is 30.7 Å². The van der Waals surface area contributed by atoms with E-state index in [9.17, 15) is 0 Å². The lowest BCUT2D eigenvalue weighted by Crippen LogP contribution is -2.39. The summed E-state index contributed by atoms with van der Waals surface area (Å²) in [7, 11) is 4.25. The summed E-state index contributed by atoms with van der Waals surface area (Å²) in [4.78, 5) is 6.85. The molecule has 0 saturated carbocycles. The third kappa shape index (κ3) is 6.10. The first kappa shape index (κ1) is 15.8. The Hall–Kier alpha value is -0.220. The molecule has 0 saturated heterocycles. The molecule has 1 aliphatic rings. The molecule has 0 radical (unpaired) electrons. The van der Waals surface area contributed by atoms with E-state index in [4.69, 9.17) is 0 Å². The molecule has 1 unspecified atom stereocenters. The number of aliphatic imine (C=N–C) groups is 1. The summed E-state index contributed by atoms with van der Waals surface area (Å²) in [5.74, 6) is 0.766. The summed E-state index contributed by atoms with van der Waals surface area (Å²) in [6.45, 7) is 12.2. The van der Waals surface area contributed by atoms with Gasteiger partial charge in [-0.15, -0.1) is 0 Å². The van der Waals surface area contributed by atoms with Crippen molar-refractivity contribution in [1.29, 1.82) is 0 Å². The Bertz CT molecular complexity index is 285. The highest BCUT2D eigenvalue weighted by molar-refractivity contribution is 8.14. The molecule has 1 heterocycles. The molecule has 4 heteroatoms. The van der Waals surface area contributed by atoms with Crippen LogP contribution in [-0.4, -0.2) is 49.0 Å². The summed E-state index contributed by atoms with van der Waals surface area (Å²) in [6, 6.07) is 0. The molecule has 0 amide bonds. The molecule has 0 bridgehead atoms. The fourth-order valence-electron chi connectivity index (χ4n) is 2.39. The molecule has 0 spiro atoms. The topological polar surface area (TPSA) is 27.6 Å². The van der Waals surface area contributed by atoms with E-state index in [-0.39, 0.29) is 5.41 Å². The molecule has 0 aromatic rings. The third-order valence-corrected chi connectivity index (χ3v) is 4.09. The van der Waals surface area contributed by atoms with E-state index >= 15 is 0 Å². The van der Waals surface area contributed by atoms with Gasteiger partial charge in [-0.25, -0.2) is 0 Å². The van der Waals surface area contributed by atoms with E-state index in [1.807, 2.05) is 11.8 Å². The predicted molar refractivity (Wildman–Crippen MR) is 83.5 cm³/mol. The zero-order valence-corrected chi connectivity index (χ0v) is 13.6. The number of nitrogens with zero attached hydrogens (tertiary/aromatic N) is 2. The fourth-order valence-corrected chi connectivity index (χ4v) is 3.64. The maximum Gasteiger partial charge on any atom is 0.156 e. The number of amidine groups is 1. The zero-order valence-electron chi connectivity index (χ0n) is 12.8. The van der Waals surface area contributed by atoms with Gasteiger partial charge in [-0.05, 0) is 31.8 Å². The van der Waals surface area contributed by atoms with Crippen LogP contribution in [-0.2, 0) is 0 Å². The second-order valence-corrected chi connectivity index (χ2v) is 8.06. The minimum atomic E-state index is 0.280. The molecule has 0 aromatic heterocycles. The number of thioether (sulfide) groups is 1. The van der Waals surface area contributed by atoms with Crippen LogP contribution in [0.15, 0.2) is 4.99 Å². The van der Waals surface area contributed by atoms with Gasteiger partial charge in [0, 0.05) is 18.3 Å². The molecule has 1 atom stereocenters. The molecule has 0 aliphatic carbocycles. The summed E-state index contributed by atoms with van der Waals surface area (Å²) < 4.78 is 0. The summed E-state index contributed by atoms with van der Waals surface area (Å²) in [6.07, 6.45) is 1.26. The molecule has 3 nitrogen and oxygen atoms in total. The van der Waals surface area contributed by atoms with Crippen molar-refractivity contribution in [2.45, 2.75) is 39.4 Å². The minimum absolute atomic E-state index is 0.280. The average Bonchev–Trinajstić information content (AvgIpc) is 2.60. The molecular weight excluding hydrogens is 242 g/mol. The first-order chi connectivity index (χ1) is 8.28. The number of rotatable bonds is 6. The molecule has 106 valence electrons. The van der Waals surface area contributed by atoms with Crippen molar-refractivity contribution in [3.63, 3.8) is 0 Å². The molecule has 0 fully saturated rings. The van der Waals surface area contributed by atoms with Crippen LogP contribution < -0.4 is 5.32 Å². The standard InChI is InChI=1S/C14H29N3S/c1-11(2)7-12-8-15-13(18-12)16-9-14(3,4)10-17(5)6/h11-12H,7-10H2,1-6H3,(H,15,16). The van der Waals surface area contributed by atoms with Crippen molar-refractivity contribution in [3.05, 3.63) is 0 Å². The Morgan fingerprint density at radius 2 is 2.11 bits per heavy atom. The highest BCUT2D eigenvalue weighted by Gasteiger charge is 2.23. The smallest absolute Gasteiger partial charge is 0.156 e. The SMILES string of the molecule is CC(C)CC1CN=C(NCC(C)(C)CN(C)C)S1. The van der Waals surface area contributed by atoms with Crippen molar-refractivity contribution in [3.8, 4) is 0 Å². The highest BCUT2D eigenvalue weighted by atomic mass is 32.2. The van der Waals surface area contributed by atoms with E-state index in [0.29, 0.717) is 5.25 Å². The van der Waals surface area contributed by atoms with E-state index in [2.05, 4.69) is 57.0 Å². The Morgan fingerprint density at radius 3 is 2.67 bits per heavy atom. The Balaban J connectivity index is 2.29. The van der Waals surface area contributed by atoms with Gasteiger partial charge in [0.05, 0.1) is 6.54 Å². The molecular formula is C14H29N3S. The first-order valence-electron chi connectivity index (χ1n) is 6.88. The highest BCUT2D eigenvalue weighted by Crippen LogP contribution is 2.26. The van der Waals surface area contributed by atoms with Gasteiger partial charge in [0.2, 0.25) is 0 Å². The van der Waals surface area contributed by atoms with Gasteiger partial charge in [0.1, 0.15) is 0 Å². The van der Waals surface area contributed by atoms with E-state index in [1.54, 1.807) is 0 Å². The van der Waals surface area contributed by atoms with Gasteiger partial charge < -0.3 is 10.2 Å². The number of hydrogen-bond acceptors (Lipinski definition) is 4. The van der Waals surface area contributed by atoms with Crippen molar-refractivity contribution in [2.24, 2.45) is 16.3 Å². The first-order valence-corrected chi connectivity index (χ1v) is 7.76. The lowest BCUT2D eigenvalue weighted by Gasteiger charge is -2.28. The molecule has 1 rings (SSSR count). The molecule has 18 heavy (non-hydrogen) atoms. The molecule has 0 aromatic carbocycles. The Labute approximate surface area is 117 Å². The fraction of sp³-hybridized carbons (Fsp3) is 0.929. The number of hydrogen-bond donors (Lipinski definition) is 1. The lowest BCUT2D eigenvalue weighted by molar-refractivity contribution is 0.242. The lowest BCUT2D eigenvalue weighted by atomic mass is 9.93. The van der Waals surface area contributed by atoms with Crippen LogP contribution in [0.25, 0.3) is 0 Å². The second-order valence-electron chi connectivity index (χ2n) is 6.77. The maximum atomic E-state index is 4.61. The quantitative estimate of drug-likeness (QED) is 0.805. The normalized spacial score (nSPS) is 20.7. The van der Waals surface area contributed by atoms with Crippen molar-refractivity contribution >= 4 is 16.9 Å². The summed E-state index contributed by atoms with van der Waals surface area (Å²) >= 11 is 1.92. The zero-order chi connectivity index (χ0) is 13.8. The number of nitrogens with one attached hydrogen (secondary N) is 1. The van der Waals surface area contributed by atoms with Gasteiger partial charge in [0.15, 0.2) is 5.17 Å². The van der Waals surface area contributed by atoms with Crippen LogP contribution in [0.2, 0.25) is 0 Å². The Kier molecular flexibility index (Phi) is 5.99. The van der Waals surface area contributed by atoms with Crippen LogP contribution in [0.3, 0.4) is 0 Å². The van der Waals surface area contributed by atoms with Gasteiger partial charge in [0.25, 0.3) is 0 Å². The van der Waals surface area contributed by atoms with Gasteiger partial charge in [-0.1, -0.05) is 39.5 Å². The maximum absolute atomic E-state index is 4.61. The van der Waals surface area contributed by atoms with E-state index in [1.165, 1.54) is 6.42 Å². The van der Waals surface area contributed by atoms with Crippen molar-refractivity contribution < 1.29 is 0 Å². The summed E-state index contributed by atoms with van der Waals surface area (Å²) in [5.41, 5.74) is 0.280. The Morgan fingerprint density at radius 1 is 1.44 bits per heavy atom. The predicted octanol–water partition coefficient (Wildman–Crippen LogP) is 2.68. The second kappa shape index (κ2) is 6.80. The largest absolute Gasteiger partial charge is 0.364 e. The van der Waals surface area contributed by atoms with Crippen LogP contribution in [0, 0.1) is 11.3 Å². The summed E-state index contributed by atoms with van der Waals surface area (Å²) in [5, 5.41) is 5.35. The minimum Gasteiger partial charge on any atom is -0.364 e. The monoisotopic (exact) mass is 271 g/mol. The van der Waals surface area contributed by atoms with Gasteiger partial charge in [-0.2, -0.15) is 0 Å². The van der Waals surface area contributed by atoms with Crippen molar-refractivity contribution in [1.82, 2.24) is 10.2 Å². The third-order valence-electron chi connectivity index (χ3n) is 2.91. The van der Waals surface area contributed by atoms with Gasteiger partial charge in [-0.3, -0.25) is 4.99 Å². The van der Waals surface area contributed by atoms with Crippen LogP contribution >= 0.6 is 11.8 Å². The van der Waals surface area contributed by atoms with Gasteiger partial charge >= 0.3 is 0 Å². The van der Waals surface area contributed by atoms with Crippen LogP contribution in [0.1, 0.15) is 34.1 Å².